The van der Waals surface area contributed by atoms with Gasteiger partial charge in [-0.15, -0.1) is 11.6 Å². The van der Waals surface area contributed by atoms with Crippen molar-refractivity contribution in [2.24, 2.45) is 0 Å². The second kappa shape index (κ2) is 4.11. The molecule has 74 valence electrons. The molecule has 0 aliphatic rings. The molecule has 3 nitrogen and oxygen atoms in total. The molecule has 0 radical (unpaired) electrons. The molecule has 0 aromatic carbocycles. The number of nitrogens with one attached hydrogen (secondary N) is 1. The summed E-state index contributed by atoms with van der Waals surface area (Å²) in [5, 5.41) is 0. The monoisotopic (exact) mass is 202 g/mol. The molecule has 1 rings (SSSR count). The van der Waals surface area contributed by atoms with Crippen LogP contribution < -0.4 is 0 Å². The predicted octanol–water partition coefficient (Wildman–Crippen LogP) is 2.42. The predicted molar refractivity (Wildman–Crippen MR) is 52.8 cm³/mol. The number of hydrogen-bond acceptors (Lipinski definition) is 2. The summed E-state index contributed by atoms with van der Waals surface area (Å²) < 4.78 is 5.39. The zero-order valence-corrected chi connectivity index (χ0v) is 8.98. The molecule has 4 heteroatoms. The first-order valence-electron chi connectivity index (χ1n) is 4.31. The van der Waals surface area contributed by atoms with Gasteiger partial charge in [0.25, 0.3) is 0 Å². The minimum atomic E-state index is -0.329. The first-order chi connectivity index (χ1) is 6.16. The first kappa shape index (κ1) is 10.5. The number of aromatic amines is 1. The molecule has 1 aromatic rings. The van der Waals surface area contributed by atoms with Crippen molar-refractivity contribution in [3.63, 3.8) is 0 Å². The van der Waals surface area contributed by atoms with Crippen LogP contribution in [0.15, 0.2) is 6.20 Å². The second-order valence-electron chi connectivity index (χ2n) is 3.18. The van der Waals surface area contributed by atoms with Gasteiger partial charge in [0, 0.05) is 19.0 Å². The van der Waals surface area contributed by atoms with Gasteiger partial charge in [0.1, 0.15) is 11.4 Å². The minimum Gasteiger partial charge on any atom is -0.371 e. The van der Waals surface area contributed by atoms with Gasteiger partial charge in [-0.25, -0.2) is 4.98 Å². The van der Waals surface area contributed by atoms with E-state index in [0.717, 1.165) is 17.9 Å². The van der Waals surface area contributed by atoms with Crippen LogP contribution >= 0.6 is 11.6 Å². The smallest absolute Gasteiger partial charge is 0.138 e. The van der Waals surface area contributed by atoms with Gasteiger partial charge >= 0.3 is 0 Å². The van der Waals surface area contributed by atoms with Crippen LogP contribution in [-0.2, 0) is 16.2 Å². The van der Waals surface area contributed by atoms with E-state index in [1.54, 1.807) is 13.3 Å². The number of ether oxygens (including phenoxy) is 1. The number of rotatable bonds is 4. The van der Waals surface area contributed by atoms with Crippen LogP contribution in [-0.4, -0.2) is 17.1 Å². The molecule has 1 atom stereocenters. The van der Waals surface area contributed by atoms with E-state index in [-0.39, 0.29) is 5.60 Å². The molecule has 0 fully saturated rings. The number of halogens is 1. The summed E-state index contributed by atoms with van der Waals surface area (Å²) in [6.45, 7) is 4.07. The fraction of sp³-hybridized carbons (Fsp3) is 0.667. The number of imidazole rings is 1. The summed E-state index contributed by atoms with van der Waals surface area (Å²) in [4.78, 5) is 7.37. The van der Waals surface area contributed by atoms with E-state index in [1.807, 2.05) is 6.92 Å². The molecule has 1 N–H and O–H groups in total. The Balaban J connectivity index is 2.91. The van der Waals surface area contributed by atoms with E-state index in [0.29, 0.717) is 5.88 Å². The van der Waals surface area contributed by atoms with Crippen molar-refractivity contribution in [1.82, 2.24) is 9.97 Å². The summed E-state index contributed by atoms with van der Waals surface area (Å²) in [5.41, 5.74) is 0.595. The van der Waals surface area contributed by atoms with Gasteiger partial charge in [0.2, 0.25) is 0 Å². The van der Waals surface area contributed by atoms with E-state index in [2.05, 4.69) is 16.9 Å². The highest BCUT2D eigenvalue weighted by Gasteiger charge is 2.26. The number of hydrogen-bond donors (Lipinski definition) is 1. The van der Waals surface area contributed by atoms with Gasteiger partial charge in [-0.1, -0.05) is 6.92 Å². The van der Waals surface area contributed by atoms with E-state index >= 15 is 0 Å². The summed E-state index contributed by atoms with van der Waals surface area (Å²) in [7, 11) is 1.69. The lowest BCUT2D eigenvalue weighted by atomic mass is 10.0. The maximum Gasteiger partial charge on any atom is 0.138 e. The summed E-state index contributed by atoms with van der Waals surface area (Å²) >= 11 is 5.66. The second-order valence-corrected chi connectivity index (χ2v) is 3.45. The largest absolute Gasteiger partial charge is 0.371 e. The molecule has 0 amide bonds. The van der Waals surface area contributed by atoms with Gasteiger partial charge in [-0.2, -0.15) is 0 Å². The molecule has 1 unspecified atom stereocenters. The van der Waals surface area contributed by atoms with Crippen LogP contribution in [0.5, 0.6) is 0 Å². The lowest BCUT2D eigenvalue weighted by Gasteiger charge is -2.23. The molecule has 13 heavy (non-hydrogen) atoms. The van der Waals surface area contributed by atoms with Crippen LogP contribution in [0.3, 0.4) is 0 Å². The lowest BCUT2D eigenvalue weighted by molar-refractivity contribution is -0.00835. The number of nitrogens with zero attached hydrogens (tertiary/aromatic N) is 1. The Kier molecular flexibility index (Phi) is 3.33. The highest BCUT2D eigenvalue weighted by molar-refractivity contribution is 6.16. The third-order valence-corrected chi connectivity index (χ3v) is 2.69. The fourth-order valence-corrected chi connectivity index (χ4v) is 1.24. The Morgan fingerprint density at radius 1 is 1.69 bits per heavy atom. The molecule has 1 aromatic heterocycles. The third-order valence-electron chi connectivity index (χ3n) is 2.40. The molecule has 0 spiro atoms. The molecular weight excluding hydrogens is 188 g/mol. The standard InChI is InChI=1S/C9H15ClN2O/c1-4-9(2,13-3)8-11-6-7(5-10)12-8/h6H,4-5H2,1-3H3,(H,11,12). The van der Waals surface area contributed by atoms with E-state index in [1.165, 1.54) is 0 Å². The van der Waals surface area contributed by atoms with Gasteiger partial charge in [-0.05, 0) is 13.3 Å². The maximum atomic E-state index is 5.66. The fourth-order valence-electron chi connectivity index (χ4n) is 1.10. The van der Waals surface area contributed by atoms with Crippen LogP contribution in [0.25, 0.3) is 0 Å². The van der Waals surface area contributed by atoms with Crippen LogP contribution in [0.2, 0.25) is 0 Å². The van der Waals surface area contributed by atoms with Crippen molar-refractivity contribution in [1.29, 1.82) is 0 Å². The van der Waals surface area contributed by atoms with Gasteiger partial charge in [0.15, 0.2) is 0 Å². The molecule has 0 bridgehead atoms. The Labute approximate surface area is 83.5 Å². The minimum absolute atomic E-state index is 0.329. The average molecular weight is 203 g/mol. The molecule has 1 heterocycles. The zero-order valence-electron chi connectivity index (χ0n) is 8.22. The maximum absolute atomic E-state index is 5.66. The molecule has 0 saturated heterocycles. The number of methoxy groups -OCH3 is 1. The van der Waals surface area contributed by atoms with Crippen LogP contribution in [0.4, 0.5) is 0 Å². The van der Waals surface area contributed by atoms with Crippen molar-refractivity contribution in [3.05, 3.63) is 17.7 Å². The van der Waals surface area contributed by atoms with E-state index < -0.39 is 0 Å². The first-order valence-corrected chi connectivity index (χ1v) is 4.85. The number of H-pyrrole nitrogens is 1. The number of alkyl halides is 1. The van der Waals surface area contributed by atoms with Crippen molar-refractivity contribution in [2.45, 2.75) is 31.7 Å². The Morgan fingerprint density at radius 2 is 2.38 bits per heavy atom. The summed E-state index contributed by atoms with van der Waals surface area (Å²) in [5.74, 6) is 1.30. The molecule has 0 aliphatic carbocycles. The van der Waals surface area contributed by atoms with Crippen molar-refractivity contribution in [2.75, 3.05) is 7.11 Å². The third kappa shape index (κ3) is 2.03. The normalized spacial score (nSPS) is 15.7. The highest BCUT2D eigenvalue weighted by atomic mass is 35.5. The molecule has 0 saturated carbocycles. The van der Waals surface area contributed by atoms with Gasteiger partial charge in [-0.3, -0.25) is 0 Å². The lowest BCUT2D eigenvalue weighted by Crippen LogP contribution is -2.24. The summed E-state index contributed by atoms with van der Waals surface area (Å²) in [6.07, 6.45) is 2.62. The van der Waals surface area contributed by atoms with Crippen molar-refractivity contribution >= 4 is 11.6 Å². The Hall–Kier alpha value is -0.540. The van der Waals surface area contributed by atoms with Gasteiger partial charge < -0.3 is 9.72 Å². The van der Waals surface area contributed by atoms with Crippen LogP contribution in [0.1, 0.15) is 31.8 Å². The SMILES string of the molecule is CCC(C)(OC)c1ncc(CCl)[nH]1. The highest BCUT2D eigenvalue weighted by Crippen LogP contribution is 2.25. The Morgan fingerprint density at radius 3 is 2.77 bits per heavy atom. The van der Waals surface area contributed by atoms with E-state index in [9.17, 15) is 0 Å². The Bertz CT molecular complexity index is 268. The van der Waals surface area contributed by atoms with Gasteiger partial charge in [0.05, 0.1) is 5.88 Å². The average Bonchev–Trinajstić information content (AvgIpc) is 2.65. The quantitative estimate of drug-likeness (QED) is 0.762. The molecule has 0 aliphatic heterocycles. The zero-order chi connectivity index (χ0) is 9.90. The number of aromatic nitrogens is 2. The molecular formula is C9H15ClN2O. The summed E-state index contributed by atoms with van der Waals surface area (Å²) in [6, 6.07) is 0. The van der Waals surface area contributed by atoms with Crippen LogP contribution in [0, 0.1) is 0 Å². The topological polar surface area (TPSA) is 37.9 Å². The van der Waals surface area contributed by atoms with Crippen molar-refractivity contribution < 1.29 is 4.74 Å². The van der Waals surface area contributed by atoms with E-state index in [4.69, 9.17) is 16.3 Å². The van der Waals surface area contributed by atoms with Crippen molar-refractivity contribution in [3.8, 4) is 0 Å².